The van der Waals surface area contributed by atoms with Gasteiger partial charge in [-0.15, -0.1) is 0 Å². The average Bonchev–Trinajstić information content (AvgIpc) is 3.25. The summed E-state index contributed by atoms with van der Waals surface area (Å²) in [5, 5.41) is 3.96. The van der Waals surface area contributed by atoms with Gasteiger partial charge in [-0.2, -0.15) is 0 Å². The highest BCUT2D eigenvalue weighted by Gasteiger charge is 2.35. The first-order valence-corrected chi connectivity index (χ1v) is 11.7. The molecule has 0 bridgehead atoms. The fraction of sp³-hybridized carbons (Fsp3) is 0.417. The van der Waals surface area contributed by atoms with Crippen LogP contribution in [0, 0.1) is 0 Å². The zero-order chi connectivity index (χ0) is 24.2. The van der Waals surface area contributed by atoms with Crippen molar-refractivity contribution in [3.63, 3.8) is 0 Å². The number of aryl methyl sites for hydroxylation is 1. The van der Waals surface area contributed by atoms with Crippen molar-refractivity contribution in [3.8, 4) is 17.0 Å². The van der Waals surface area contributed by atoms with Crippen molar-refractivity contribution < 1.29 is 9.47 Å². The first-order chi connectivity index (χ1) is 16.5. The lowest BCUT2D eigenvalue weighted by molar-refractivity contribution is 0.0718. The molecule has 0 saturated carbocycles. The Hall–Kier alpha value is -3.17. The maximum atomic E-state index is 13.3. The number of rotatable bonds is 8. The fourth-order valence-corrected chi connectivity index (χ4v) is 4.46. The van der Waals surface area contributed by atoms with E-state index < -0.39 is 0 Å². The number of hydrogen-bond donors (Lipinski definition) is 1. The van der Waals surface area contributed by atoms with Gasteiger partial charge in [-0.05, 0) is 37.6 Å². The van der Waals surface area contributed by atoms with E-state index in [1.165, 1.54) is 0 Å². The van der Waals surface area contributed by atoms with E-state index in [4.69, 9.17) is 26.1 Å². The van der Waals surface area contributed by atoms with Crippen molar-refractivity contribution in [1.82, 2.24) is 19.5 Å². The Morgan fingerprint density at radius 1 is 1.21 bits per heavy atom. The van der Waals surface area contributed by atoms with Gasteiger partial charge in [-0.3, -0.25) is 9.36 Å². The maximum Gasteiger partial charge on any atom is 0.278 e. The summed E-state index contributed by atoms with van der Waals surface area (Å²) in [6, 6.07) is 6.93. The van der Waals surface area contributed by atoms with Crippen LogP contribution < -0.4 is 20.5 Å². The van der Waals surface area contributed by atoms with E-state index in [2.05, 4.69) is 20.2 Å². The molecule has 9 nitrogen and oxygen atoms in total. The molecule has 0 unspecified atom stereocenters. The maximum absolute atomic E-state index is 13.3. The number of nitrogens with one attached hydrogen (secondary N) is 1. The minimum absolute atomic E-state index is 0.0723. The summed E-state index contributed by atoms with van der Waals surface area (Å²) in [5.41, 5.74) is 1.42. The van der Waals surface area contributed by atoms with Gasteiger partial charge in [-0.25, -0.2) is 15.0 Å². The van der Waals surface area contributed by atoms with E-state index in [0.29, 0.717) is 59.9 Å². The monoisotopic (exact) mass is 484 g/mol. The summed E-state index contributed by atoms with van der Waals surface area (Å²) < 4.78 is 12.8. The van der Waals surface area contributed by atoms with Gasteiger partial charge in [-0.1, -0.05) is 18.5 Å². The molecule has 180 valence electrons. The normalized spacial score (nSPS) is 17.7. The molecule has 1 aliphatic rings. The van der Waals surface area contributed by atoms with Crippen LogP contribution in [0.1, 0.15) is 19.5 Å². The van der Waals surface area contributed by atoms with Crippen molar-refractivity contribution in [2.24, 2.45) is 7.05 Å². The molecular weight excluding hydrogens is 456 g/mol. The first kappa shape index (κ1) is 24.0. The molecule has 1 aliphatic heterocycles. The van der Waals surface area contributed by atoms with Crippen LogP contribution in [-0.4, -0.2) is 58.5 Å². The summed E-state index contributed by atoms with van der Waals surface area (Å²) in [7, 11) is 3.32. The minimum atomic E-state index is -0.235. The van der Waals surface area contributed by atoms with Crippen LogP contribution in [0.25, 0.3) is 11.3 Å². The molecule has 10 heteroatoms. The largest absolute Gasteiger partial charge is 0.497 e. The van der Waals surface area contributed by atoms with E-state index in [9.17, 15) is 4.79 Å². The van der Waals surface area contributed by atoms with Gasteiger partial charge in [0.05, 0.1) is 30.0 Å². The number of ether oxygens (including phenoxy) is 2. The molecule has 2 aromatic heterocycles. The van der Waals surface area contributed by atoms with Gasteiger partial charge in [0.25, 0.3) is 5.56 Å². The van der Waals surface area contributed by atoms with E-state index >= 15 is 0 Å². The van der Waals surface area contributed by atoms with Crippen molar-refractivity contribution in [2.75, 3.05) is 37.0 Å². The lowest BCUT2D eigenvalue weighted by atomic mass is 10.1. The Labute approximate surface area is 203 Å². The Kier molecular flexibility index (Phi) is 7.33. The summed E-state index contributed by atoms with van der Waals surface area (Å²) in [4.78, 5) is 28.9. The molecule has 1 saturated heterocycles. The number of benzene rings is 1. The van der Waals surface area contributed by atoms with E-state index in [1.54, 1.807) is 55.4 Å². The number of hydrogen-bond acceptors (Lipinski definition) is 8. The molecule has 0 spiro atoms. The van der Waals surface area contributed by atoms with Crippen molar-refractivity contribution in [2.45, 2.75) is 32.4 Å². The third kappa shape index (κ3) is 4.71. The molecule has 4 rings (SSSR count). The molecular formula is C24H29ClN6O3. The predicted molar refractivity (Wildman–Crippen MR) is 133 cm³/mol. The van der Waals surface area contributed by atoms with Crippen molar-refractivity contribution >= 4 is 23.4 Å². The molecule has 0 amide bonds. The molecule has 2 atom stereocenters. The second-order valence-corrected chi connectivity index (χ2v) is 8.42. The smallest absolute Gasteiger partial charge is 0.278 e. The molecule has 1 aromatic carbocycles. The molecule has 1 fully saturated rings. The Morgan fingerprint density at radius 3 is 2.62 bits per heavy atom. The number of methoxy groups -OCH3 is 1. The number of aromatic nitrogens is 4. The van der Waals surface area contributed by atoms with Crippen LogP contribution in [-0.2, 0) is 18.2 Å². The lowest BCUT2D eigenvalue weighted by Crippen LogP contribution is -2.37. The second kappa shape index (κ2) is 10.4. The third-order valence-electron chi connectivity index (χ3n) is 5.93. The van der Waals surface area contributed by atoms with Crippen LogP contribution >= 0.6 is 11.6 Å². The van der Waals surface area contributed by atoms with Gasteiger partial charge in [0, 0.05) is 44.7 Å². The number of halogens is 1. The van der Waals surface area contributed by atoms with Gasteiger partial charge >= 0.3 is 0 Å². The summed E-state index contributed by atoms with van der Waals surface area (Å²) in [6.45, 7) is 5.85. The molecule has 0 aliphatic carbocycles. The van der Waals surface area contributed by atoms with Gasteiger partial charge in [0.1, 0.15) is 17.3 Å². The highest BCUT2D eigenvalue weighted by atomic mass is 35.5. The van der Waals surface area contributed by atoms with Crippen LogP contribution in [0.4, 0.5) is 11.8 Å². The summed E-state index contributed by atoms with van der Waals surface area (Å²) in [5.74, 6) is 1.95. The molecule has 3 aromatic rings. The molecule has 3 heterocycles. The van der Waals surface area contributed by atoms with Gasteiger partial charge in [0.15, 0.2) is 0 Å². The number of anilines is 2. The van der Waals surface area contributed by atoms with E-state index in [-0.39, 0.29) is 17.7 Å². The standard InChI is InChI=1S/C24H29ClN6O3/c1-5-18-22(29-19-13-31(14-20(19)34-6-2)24-26-10-7-11-27-24)30(3)23(32)21(28-18)16-9-8-15(33-4)12-17(16)25/h7-12,19-20,29H,5-6,13-14H2,1-4H3/t19-,20-/m1/s1. The number of nitrogens with zero attached hydrogens (tertiary/aromatic N) is 5. The van der Waals surface area contributed by atoms with Crippen LogP contribution in [0.2, 0.25) is 5.02 Å². The van der Waals surface area contributed by atoms with Crippen LogP contribution in [0.15, 0.2) is 41.5 Å². The Morgan fingerprint density at radius 2 is 1.97 bits per heavy atom. The zero-order valence-corrected chi connectivity index (χ0v) is 20.5. The molecule has 0 radical (unpaired) electrons. The van der Waals surface area contributed by atoms with Crippen molar-refractivity contribution in [1.29, 1.82) is 0 Å². The second-order valence-electron chi connectivity index (χ2n) is 8.02. The van der Waals surface area contributed by atoms with Crippen LogP contribution in [0.5, 0.6) is 5.75 Å². The zero-order valence-electron chi connectivity index (χ0n) is 19.8. The molecule has 34 heavy (non-hydrogen) atoms. The summed E-state index contributed by atoms with van der Waals surface area (Å²) >= 11 is 6.45. The van der Waals surface area contributed by atoms with Crippen molar-refractivity contribution in [3.05, 3.63) is 57.7 Å². The summed E-state index contributed by atoms with van der Waals surface area (Å²) in [6.07, 6.45) is 3.99. The van der Waals surface area contributed by atoms with E-state index in [1.807, 2.05) is 13.8 Å². The Bertz CT molecular complexity index is 1200. The third-order valence-corrected chi connectivity index (χ3v) is 6.25. The SMILES string of the molecule is CCO[C@@H]1CN(c2ncccn2)C[C@H]1Nc1c(CC)nc(-c2ccc(OC)cc2Cl)c(=O)n1C. The first-order valence-electron chi connectivity index (χ1n) is 11.3. The van der Waals surface area contributed by atoms with Gasteiger partial charge in [0.2, 0.25) is 5.95 Å². The van der Waals surface area contributed by atoms with Gasteiger partial charge < -0.3 is 19.7 Å². The quantitative estimate of drug-likeness (QED) is 0.521. The topological polar surface area (TPSA) is 94.4 Å². The lowest BCUT2D eigenvalue weighted by Gasteiger charge is -2.24. The highest BCUT2D eigenvalue weighted by Crippen LogP contribution is 2.30. The predicted octanol–water partition coefficient (Wildman–Crippen LogP) is 3.17. The average molecular weight is 485 g/mol. The van der Waals surface area contributed by atoms with E-state index in [0.717, 1.165) is 5.69 Å². The highest BCUT2D eigenvalue weighted by molar-refractivity contribution is 6.33. The molecule has 1 N–H and O–H groups in total. The minimum Gasteiger partial charge on any atom is -0.497 e. The Balaban J connectivity index is 1.68. The fourth-order valence-electron chi connectivity index (χ4n) is 4.20. The van der Waals surface area contributed by atoms with Crippen LogP contribution in [0.3, 0.4) is 0 Å².